The van der Waals surface area contributed by atoms with Crippen molar-refractivity contribution in [2.45, 2.75) is 0 Å². The first-order chi connectivity index (χ1) is 30.7. The molecule has 0 fully saturated rings. The Bertz CT molecular complexity index is 3270. The largest absolute Gasteiger partial charge is 0.456 e. The maximum atomic E-state index is 6.29. The summed E-state index contributed by atoms with van der Waals surface area (Å²) in [6, 6.07) is 88.9. The van der Waals surface area contributed by atoms with Crippen LogP contribution in [0.4, 0.5) is 17.1 Å². The standard InChI is InChI=1S/C60H41NO/c1-2-13-47(14-3-1)56-20-9-10-23-58(56)61(51-37-33-44(34-38-51)42-25-29-48(30-26-42)54-22-12-17-46-15-4-6-18-53(46)54)52-39-35-45(36-40-52)43-27-31-49(32-28-43)55-19-7-8-21-57(55)60-41-50-16-5-11-24-59(50)62-60/h1-41H. The quantitative estimate of drug-likeness (QED) is 0.145. The van der Waals surface area contributed by atoms with E-state index in [-0.39, 0.29) is 0 Å². The van der Waals surface area contributed by atoms with Gasteiger partial charge in [0.25, 0.3) is 0 Å². The number of fused-ring (bicyclic) bond motifs is 2. The first kappa shape index (κ1) is 36.8. The number of para-hydroxylation sites is 2. The van der Waals surface area contributed by atoms with E-state index in [1.807, 2.05) is 18.2 Å². The Morgan fingerprint density at radius 3 is 1.35 bits per heavy atom. The smallest absolute Gasteiger partial charge is 0.136 e. The van der Waals surface area contributed by atoms with Crippen molar-refractivity contribution in [3.63, 3.8) is 0 Å². The van der Waals surface area contributed by atoms with Gasteiger partial charge in [-0.05, 0) is 103 Å². The maximum absolute atomic E-state index is 6.29. The summed E-state index contributed by atoms with van der Waals surface area (Å²) >= 11 is 0. The summed E-state index contributed by atoms with van der Waals surface area (Å²) in [7, 11) is 0. The Balaban J connectivity index is 0.910. The van der Waals surface area contributed by atoms with Gasteiger partial charge in [0.1, 0.15) is 11.3 Å². The average molecular weight is 792 g/mol. The minimum absolute atomic E-state index is 0.876. The molecule has 0 aliphatic rings. The van der Waals surface area contributed by atoms with Crippen molar-refractivity contribution in [2.75, 3.05) is 4.90 Å². The maximum Gasteiger partial charge on any atom is 0.136 e. The predicted molar refractivity (Wildman–Crippen MR) is 261 cm³/mol. The Labute approximate surface area is 362 Å². The van der Waals surface area contributed by atoms with Gasteiger partial charge in [-0.1, -0.05) is 206 Å². The molecule has 0 N–H and O–H groups in total. The topological polar surface area (TPSA) is 16.4 Å². The zero-order valence-electron chi connectivity index (χ0n) is 34.0. The number of hydrogen-bond acceptors (Lipinski definition) is 2. The number of nitrogens with zero attached hydrogens (tertiary/aromatic N) is 1. The van der Waals surface area contributed by atoms with Gasteiger partial charge in [0.15, 0.2) is 0 Å². The Morgan fingerprint density at radius 2 is 0.710 bits per heavy atom. The molecular formula is C60H41NO. The summed E-state index contributed by atoms with van der Waals surface area (Å²) in [5, 5.41) is 3.63. The number of rotatable bonds is 9. The van der Waals surface area contributed by atoms with Crippen molar-refractivity contribution in [3.8, 4) is 67.0 Å². The van der Waals surface area contributed by atoms with Crippen molar-refractivity contribution in [1.29, 1.82) is 0 Å². The van der Waals surface area contributed by atoms with E-state index < -0.39 is 0 Å². The Kier molecular flexibility index (Phi) is 9.57. The number of benzene rings is 10. The zero-order chi connectivity index (χ0) is 41.2. The molecule has 2 heteroatoms. The molecule has 0 aliphatic heterocycles. The van der Waals surface area contributed by atoms with Gasteiger partial charge in [-0.2, -0.15) is 0 Å². The molecule has 0 atom stereocenters. The molecule has 0 bridgehead atoms. The van der Waals surface area contributed by atoms with Crippen LogP contribution in [-0.2, 0) is 0 Å². The van der Waals surface area contributed by atoms with Crippen LogP contribution in [0.5, 0.6) is 0 Å². The second-order valence-corrected chi connectivity index (χ2v) is 15.7. The molecule has 0 saturated carbocycles. The monoisotopic (exact) mass is 791 g/mol. The minimum atomic E-state index is 0.876. The third-order valence-electron chi connectivity index (χ3n) is 11.9. The lowest BCUT2D eigenvalue weighted by Crippen LogP contribution is -2.11. The Hall–Kier alpha value is -8.20. The van der Waals surface area contributed by atoms with Crippen LogP contribution in [0.15, 0.2) is 253 Å². The van der Waals surface area contributed by atoms with E-state index in [0.29, 0.717) is 0 Å². The predicted octanol–water partition coefficient (Wildman–Crippen LogP) is 17.1. The molecule has 0 radical (unpaired) electrons. The molecule has 292 valence electrons. The number of hydrogen-bond donors (Lipinski definition) is 0. The van der Waals surface area contributed by atoms with E-state index in [0.717, 1.165) is 61.6 Å². The van der Waals surface area contributed by atoms with Gasteiger partial charge in [0.2, 0.25) is 0 Å². The van der Waals surface area contributed by atoms with E-state index in [2.05, 4.69) is 235 Å². The van der Waals surface area contributed by atoms with Crippen LogP contribution in [0.2, 0.25) is 0 Å². The minimum Gasteiger partial charge on any atom is -0.456 e. The van der Waals surface area contributed by atoms with Gasteiger partial charge in [-0.25, -0.2) is 0 Å². The third-order valence-corrected chi connectivity index (χ3v) is 11.9. The van der Waals surface area contributed by atoms with Crippen molar-refractivity contribution in [2.24, 2.45) is 0 Å². The zero-order valence-corrected chi connectivity index (χ0v) is 34.0. The molecular weight excluding hydrogens is 751 g/mol. The second kappa shape index (κ2) is 16.1. The Morgan fingerprint density at radius 1 is 0.274 bits per heavy atom. The van der Waals surface area contributed by atoms with Crippen LogP contribution in [-0.4, -0.2) is 0 Å². The van der Waals surface area contributed by atoms with Crippen LogP contribution in [0.3, 0.4) is 0 Å². The van der Waals surface area contributed by atoms with E-state index >= 15 is 0 Å². The molecule has 0 aliphatic carbocycles. The summed E-state index contributed by atoms with van der Waals surface area (Å²) in [6.45, 7) is 0. The van der Waals surface area contributed by atoms with Crippen molar-refractivity contribution >= 4 is 38.8 Å². The summed E-state index contributed by atoms with van der Waals surface area (Å²) in [5.41, 5.74) is 17.1. The molecule has 1 heterocycles. The van der Waals surface area contributed by atoms with Gasteiger partial charge >= 0.3 is 0 Å². The van der Waals surface area contributed by atoms with Crippen molar-refractivity contribution in [1.82, 2.24) is 0 Å². The molecule has 2 nitrogen and oxygen atoms in total. The first-order valence-electron chi connectivity index (χ1n) is 21.2. The van der Waals surface area contributed by atoms with Gasteiger partial charge in [0, 0.05) is 27.9 Å². The van der Waals surface area contributed by atoms with Gasteiger partial charge in [-0.15, -0.1) is 0 Å². The van der Waals surface area contributed by atoms with Crippen LogP contribution in [0, 0.1) is 0 Å². The third kappa shape index (κ3) is 7.04. The van der Waals surface area contributed by atoms with Crippen LogP contribution in [0.25, 0.3) is 88.7 Å². The fourth-order valence-electron chi connectivity index (χ4n) is 8.79. The highest BCUT2D eigenvalue weighted by Crippen LogP contribution is 2.42. The molecule has 11 rings (SSSR count). The molecule has 1 aromatic heterocycles. The summed E-state index contributed by atoms with van der Waals surface area (Å²) in [4.78, 5) is 2.37. The van der Waals surface area contributed by atoms with E-state index in [1.165, 1.54) is 44.2 Å². The molecule has 0 amide bonds. The van der Waals surface area contributed by atoms with E-state index in [9.17, 15) is 0 Å². The lowest BCUT2D eigenvalue weighted by atomic mass is 9.95. The molecule has 0 saturated heterocycles. The summed E-state index contributed by atoms with van der Waals surface area (Å²) in [5.74, 6) is 0.876. The molecule has 0 spiro atoms. The van der Waals surface area contributed by atoms with Gasteiger partial charge < -0.3 is 9.32 Å². The van der Waals surface area contributed by atoms with E-state index in [4.69, 9.17) is 4.42 Å². The highest BCUT2D eigenvalue weighted by Gasteiger charge is 2.18. The number of anilines is 3. The fourth-order valence-corrected chi connectivity index (χ4v) is 8.79. The fraction of sp³-hybridized carbons (Fsp3) is 0. The first-order valence-corrected chi connectivity index (χ1v) is 21.2. The molecule has 10 aromatic carbocycles. The molecule has 0 unspecified atom stereocenters. The lowest BCUT2D eigenvalue weighted by molar-refractivity contribution is 0.632. The number of furan rings is 1. The highest BCUT2D eigenvalue weighted by atomic mass is 16.3. The average Bonchev–Trinajstić information content (AvgIpc) is 3.80. The lowest BCUT2D eigenvalue weighted by Gasteiger charge is -2.28. The van der Waals surface area contributed by atoms with Crippen molar-refractivity contribution in [3.05, 3.63) is 249 Å². The summed E-state index contributed by atoms with van der Waals surface area (Å²) < 4.78 is 6.29. The molecule has 11 aromatic rings. The molecule has 62 heavy (non-hydrogen) atoms. The van der Waals surface area contributed by atoms with Crippen LogP contribution < -0.4 is 4.90 Å². The van der Waals surface area contributed by atoms with Gasteiger partial charge in [0.05, 0.1) is 5.69 Å². The van der Waals surface area contributed by atoms with Gasteiger partial charge in [-0.3, -0.25) is 0 Å². The van der Waals surface area contributed by atoms with Crippen LogP contribution >= 0.6 is 0 Å². The highest BCUT2D eigenvalue weighted by molar-refractivity contribution is 5.97. The normalized spacial score (nSPS) is 11.2. The summed E-state index contributed by atoms with van der Waals surface area (Å²) in [6.07, 6.45) is 0. The van der Waals surface area contributed by atoms with Crippen molar-refractivity contribution < 1.29 is 4.42 Å². The second-order valence-electron chi connectivity index (χ2n) is 15.7. The SMILES string of the molecule is c1ccc(-c2ccccc2N(c2ccc(-c3ccc(-c4ccccc4-c4cc5ccccc5o4)cc3)cc2)c2ccc(-c3ccc(-c4cccc5ccccc45)cc3)cc2)cc1. The van der Waals surface area contributed by atoms with E-state index in [1.54, 1.807) is 0 Å². The van der Waals surface area contributed by atoms with Crippen LogP contribution in [0.1, 0.15) is 0 Å².